The molecule has 0 aromatic heterocycles. The van der Waals surface area contributed by atoms with Crippen molar-refractivity contribution >= 4 is 7.82 Å². The number of benzene rings is 1. The summed E-state index contributed by atoms with van der Waals surface area (Å²) in [5, 5.41) is 0. The van der Waals surface area contributed by atoms with Crippen LogP contribution in [-0.4, -0.2) is 6.61 Å². The van der Waals surface area contributed by atoms with Gasteiger partial charge in [0.2, 0.25) is 0 Å². The van der Waals surface area contributed by atoms with Crippen molar-refractivity contribution in [3.05, 3.63) is 30.3 Å². The number of unbranched alkanes of at least 4 members (excludes halogenated alkanes) is 5. The summed E-state index contributed by atoms with van der Waals surface area (Å²) >= 11 is 0. The fourth-order valence-corrected chi connectivity index (χ4v) is 2.48. The zero-order chi connectivity index (χ0) is 14.0. The molecular formula is C14H22NiO4P-. The molecule has 0 aliphatic heterocycles. The maximum Gasteiger partial charge on any atom is 0.319 e. The number of phosphoric acid groups is 1. The third-order valence-electron chi connectivity index (χ3n) is 2.71. The second kappa shape index (κ2) is 11.3. The second-order valence-electron chi connectivity index (χ2n) is 4.45. The van der Waals surface area contributed by atoms with E-state index in [1.165, 1.54) is 19.3 Å². The Morgan fingerprint density at radius 3 is 2.30 bits per heavy atom. The summed E-state index contributed by atoms with van der Waals surface area (Å²) in [6.45, 7) is 2.36. The zero-order valence-corrected chi connectivity index (χ0v) is 13.6. The minimum Gasteiger partial charge on any atom is -0.746 e. The Morgan fingerprint density at radius 1 is 1.05 bits per heavy atom. The van der Waals surface area contributed by atoms with Crippen molar-refractivity contribution in [2.24, 2.45) is 0 Å². The Hall–Kier alpha value is -0.336. The number of hydrogen-bond acceptors (Lipinski definition) is 4. The standard InChI is InChI=1S/C14H23O4P.Ni/c1-2-3-4-5-6-10-13-17-19(15,16)18-14-11-8-7-9-12-14;/h7-9,11-12H,2-6,10,13H2,1H3,(H,15,16);/p-1. The van der Waals surface area contributed by atoms with E-state index >= 15 is 0 Å². The fraction of sp³-hybridized carbons (Fsp3) is 0.571. The van der Waals surface area contributed by atoms with E-state index in [2.05, 4.69) is 6.92 Å². The zero-order valence-electron chi connectivity index (χ0n) is 11.7. The van der Waals surface area contributed by atoms with Gasteiger partial charge in [0.05, 0.1) is 6.61 Å². The van der Waals surface area contributed by atoms with E-state index in [4.69, 9.17) is 9.05 Å². The minimum atomic E-state index is -4.23. The van der Waals surface area contributed by atoms with Crippen LogP contribution < -0.4 is 9.42 Å². The van der Waals surface area contributed by atoms with Crippen molar-refractivity contribution in [3.8, 4) is 5.75 Å². The molecule has 1 unspecified atom stereocenters. The fourth-order valence-electron chi connectivity index (χ4n) is 1.70. The smallest absolute Gasteiger partial charge is 0.319 e. The van der Waals surface area contributed by atoms with Gasteiger partial charge >= 0.3 is 7.82 Å². The molecule has 1 aromatic carbocycles. The molecule has 0 fully saturated rings. The normalized spacial score (nSPS) is 13.3. The van der Waals surface area contributed by atoms with Gasteiger partial charge in [-0.15, -0.1) is 0 Å². The molecule has 20 heavy (non-hydrogen) atoms. The van der Waals surface area contributed by atoms with Crippen LogP contribution in [0.1, 0.15) is 45.4 Å². The molecule has 0 bridgehead atoms. The number of hydrogen-bond donors (Lipinski definition) is 0. The summed E-state index contributed by atoms with van der Waals surface area (Å²) in [7, 11) is -4.23. The molecule has 0 amide bonds. The summed E-state index contributed by atoms with van der Waals surface area (Å²) in [6.07, 6.45) is 6.50. The van der Waals surface area contributed by atoms with Gasteiger partial charge in [-0.3, -0.25) is 4.57 Å². The first-order valence-corrected chi connectivity index (χ1v) is 8.30. The van der Waals surface area contributed by atoms with Gasteiger partial charge in [-0.2, -0.15) is 0 Å². The monoisotopic (exact) mass is 343 g/mol. The molecule has 1 rings (SSSR count). The average Bonchev–Trinajstić information content (AvgIpc) is 2.38. The maximum atomic E-state index is 11.5. The third kappa shape index (κ3) is 9.55. The molecule has 0 N–H and O–H groups in total. The van der Waals surface area contributed by atoms with E-state index in [-0.39, 0.29) is 28.8 Å². The largest absolute Gasteiger partial charge is 0.746 e. The second-order valence-corrected chi connectivity index (χ2v) is 5.79. The van der Waals surface area contributed by atoms with E-state index < -0.39 is 7.82 Å². The Balaban J connectivity index is 0.00000361. The minimum absolute atomic E-state index is 0. The molecule has 0 saturated carbocycles. The number of para-hydroxylation sites is 1. The Bertz CT molecular complexity index is 386. The van der Waals surface area contributed by atoms with Gasteiger partial charge in [0, 0.05) is 16.5 Å². The van der Waals surface area contributed by atoms with E-state index in [0.29, 0.717) is 0 Å². The van der Waals surface area contributed by atoms with Gasteiger partial charge in [0.25, 0.3) is 0 Å². The summed E-state index contributed by atoms with van der Waals surface area (Å²) in [5.41, 5.74) is 0. The van der Waals surface area contributed by atoms with Crippen LogP contribution in [0.5, 0.6) is 5.75 Å². The molecule has 0 spiro atoms. The quantitative estimate of drug-likeness (QED) is 0.367. The SMILES string of the molecule is CCCCCCCCOP(=O)([O-])Oc1ccccc1.[Ni]. The predicted molar refractivity (Wildman–Crippen MR) is 74.0 cm³/mol. The van der Waals surface area contributed by atoms with E-state index in [9.17, 15) is 9.46 Å². The van der Waals surface area contributed by atoms with Crippen molar-refractivity contribution in [1.82, 2.24) is 0 Å². The molecule has 0 aliphatic rings. The van der Waals surface area contributed by atoms with Gasteiger partial charge < -0.3 is 13.9 Å². The van der Waals surface area contributed by atoms with Gasteiger partial charge in [-0.05, 0) is 18.6 Å². The van der Waals surface area contributed by atoms with Gasteiger partial charge in [0.1, 0.15) is 5.75 Å². The summed E-state index contributed by atoms with van der Waals surface area (Å²) < 4.78 is 21.2. The van der Waals surface area contributed by atoms with Gasteiger partial charge in [-0.25, -0.2) is 0 Å². The molecule has 0 saturated heterocycles. The van der Waals surface area contributed by atoms with Crippen molar-refractivity contribution in [2.45, 2.75) is 45.4 Å². The van der Waals surface area contributed by atoms with Crippen molar-refractivity contribution in [2.75, 3.05) is 6.61 Å². The maximum absolute atomic E-state index is 11.5. The van der Waals surface area contributed by atoms with Gasteiger partial charge in [0.15, 0.2) is 0 Å². The van der Waals surface area contributed by atoms with Gasteiger partial charge in [-0.1, -0.05) is 57.2 Å². The van der Waals surface area contributed by atoms with Crippen LogP contribution in [0.15, 0.2) is 30.3 Å². The summed E-state index contributed by atoms with van der Waals surface area (Å²) in [6, 6.07) is 8.38. The average molecular weight is 344 g/mol. The van der Waals surface area contributed by atoms with Crippen LogP contribution in [0, 0.1) is 0 Å². The molecule has 0 heterocycles. The predicted octanol–water partition coefficient (Wildman–Crippen LogP) is 3.91. The first-order valence-electron chi connectivity index (χ1n) is 6.84. The summed E-state index contributed by atoms with van der Waals surface area (Å²) in [5.74, 6) is 0.281. The first-order chi connectivity index (χ1) is 9.14. The van der Waals surface area contributed by atoms with Crippen LogP contribution >= 0.6 is 7.82 Å². The molecule has 0 radical (unpaired) electrons. The van der Waals surface area contributed by atoms with Crippen molar-refractivity contribution in [1.29, 1.82) is 0 Å². The molecular weight excluding hydrogens is 322 g/mol. The first kappa shape index (κ1) is 19.7. The van der Waals surface area contributed by atoms with E-state index in [0.717, 1.165) is 19.3 Å². The Morgan fingerprint density at radius 2 is 1.65 bits per heavy atom. The van der Waals surface area contributed by atoms with Crippen LogP contribution in [0.25, 0.3) is 0 Å². The molecule has 4 nitrogen and oxygen atoms in total. The molecule has 0 aliphatic carbocycles. The Labute approximate surface area is 131 Å². The third-order valence-corrected chi connectivity index (χ3v) is 3.64. The molecule has 118 valence electrons. The Kier molecular flexibility index (Phi) is 11.1. The van der Waals surface area contributed by atoms with E-state index in [1.54, 1.807) is 30.3 Å². The van der Waals surface area contributed by atoms with Crippen LogP contribution in [0.4, 0.5) is 0 Å². The topological polar surface area (TPSA) is 58.6 Å². The summed E-state index contributed by atoms with van der Waals surface area (Å²) in [4.78, 5) is 11.5. The molecule has 1 aromatic rings. The van der Waals surface area contributed by atoms with E-state index in [1.807, 2.05) is 0 Å². The molecule has 6 heteroatoms. The number of rotatable bonds is 10. The molecule has 1 atom stereocenters. The van der Waals surface area contributed by atoms with Crippen LogP contribution in [-0.2, 0) is 25.6 Å². The van der Waals surface area contributed by atoms with Crippen LogP contribution in [0.2, 0.25) is 0 Å². The van der Waals surface area contributed by atoms with Crippen molar-refractivity contribution in [3.63, 3.8) is 0 Å². The van der Waals surface area contributed by atoms with Crippen LogP contribution in [0.3, 0.4) is 0 Å². The number of phosphoric ester groups is 1. The van der Waals surface area contributed by atoms with Crippen molar-refractivity contribution < 1.29 is 35.0 Å².